The largest absolute Gasteiger partial charge is 0.508 e. The van der Waals surface area contributed by atoms with Crippen LogP contribution in [0.5, 0.6) is 5.75 Å². The van der Waals surface area contributed by atoms with Crippen LogP contribution in [0.2, 0.25) is 0 Å². The molecular formula is C16H25N3O. The lowest BCUT2D eigenvalue weighted by molar-refractivity contribution is 0.153. The molecule has 1 heterocycles. The summed E-state index contributed by atoms with van der Waals surface area (Å²) < 4.78 is 0. The third-order valence-corrected chi connectivity index (χ3v) is 4.66. The molecule has 3 rings (SSSR count). The van der Waals surface area contributed by atoms with E-state index in [1.807, 2.05) is 6.07 Å². The monoisotopic (exact) mass is 275 g/mol. The van der Waals surface area contributed by atoms with E-state index in [0.29, 0.717) is 11.8 Å². The van der Waals surface area contributed by atoms with E-state index in [2.05, 4.69) is 28.2 Å². The molecule has 0 aromatic heterocycles. The van der Waals surface area contributed by atoms with Crippen LogP contribution >= 0.6 is 0 Å². The van der Waals surface area contributed by atoms with Crippen molar-refractivity contribution in [2.75, 3.05) is 46.3 Å². The molecule has 1 atom stereocenters. The summed E-state index contributed by atoms with van der Waals surface area (Å²) in [5, 5.41) is 13.5. The van der Waals surface area contributed by atoms with E-state index >= 15 is 0 Å². The van der Waals surface area contributed by atoms with Crippen LogP contribution in [0.3, 0.4) is 0 Å². The number of nitrogens with one attached hydrogen (secondary N) is 1. The molecule has 1 aromatic carbocycles. The topological polar surface area (TPSA) is 38.7 Å². The Morgan fingerprint density at radius 3 is 2.85 bits per heavy atom. The number of aromatic hydroxyl groups is 1. The Bertz CT molecular complexity index is 455. The van der Waals surface area contributed by atoms with Gasteiger partial charge in [0.25, 0.3) is 0 Å². The summed E-state index contributed by atoms with van der Waals surface area (Å²) in [5.41, 5.74) is 2.44. The molecule has 1 aliphatic heterocycles. The predicted octanol–water partition coefficient (Wildman–Crippen LogP) is 1.22. The highest BCUT2D eigenvalue weighted by molar-refractivity contribution is 5.44. The minimum Gasteiger partial charge on any atom is -0.508 e. The van der Waals surface area contributed by atoms with E-state index < -0.39 is 0 Å². The summed E-state index contributed by atoms with van der Waals surface area (Å²) in [7, 11) is 2.19. The zero-order chi connectivity index (χ0) is 13.9. The van der Waals surface area contributed by atoms with Gasteiger partial charge in [-0.05, 0) is 37.1 Å². The predicted molar refractivity (Wildman–Crippen MR) is 81.1 cm³/mol. The number of nitrogens with zero attached hydrogens (tertiary/aromatic N) is 2. The van der Waals surface area contributed by atoms with E-state index in [-0.39, 0.29) is 0 Å². The number of phenolic OH excluding ortho intramolecular Hbond substituents is 1. The Hall–Kier alpha value is -1.10. The van der Waals surface area contributed by atoms with Crippen molar-refractivity contribution < 1.29 is 5.11 Å². The summed E-state index contributed by atoms with van der Waals surface area (Å²) >= 11 is 0. The number of benzene rings is 1. The first-order valence-corrected chi connectivity index (χ1v) is 7.69. The minimum absolute atomic E-state index is 0.421. The van der Waals surface area contributed by atoms with Gasteiger partial charge in [0.05, 0.1) is 0 Å². The van der Waals surface area contributed by atoms with Gasteiger partial charge in [0, 0.05) is 45.3 Å². The van der Waals surface area contributed by atoms with Gasteiger partial charge in [-0.2, -0.15) is 0 Å². The molecule has 2 N–H and O–H groups in total. The summed E-state index contributed by atoms with van der Waals surface area (Å²) in [4.78, 5) is 4.92. The minimum atomic E-state index is 0.421. The van der Waals surface area contributed by atoms with Crippen molar-refractivity contribution in [3.05, 3.63) is 29.3 Å². The van der Waals surface area contributed by atoms with Crippen molar-refractivity contribution in [1.29, 1.82) is 0 Å². The van der Waals surface area contributed by atoms with Crippen LogP contribution in [0.4, 0.5) is 0 Å². The molecule has 1 aromatic rings. The maximum absolute atomic E-state index is 9.86. The molecular weight excluding hydrogens is 250 g/mol. The average Bonchev–Trinajstić information content (AvgIpc) is 2.86. The third kappa shape index (κ3) is 2.97. The quantitative estimate of drug-likeness (QED) is 0.866. The number of hydrogen-bond donors (Lipinski definition) is 2. The van der Waals surface area contributed by atoms with Crippen molar-refractivity contribution >= 4 is 0 Å². The highest BCUT2D eigenvalue weighted by atomic mass is 16.3. The van der Waals surface area contributed by atoms with Crippen LogP contribution in [0.1, 0.15) is 23.6 Å². The number of rotatable bonds is 4. The molecule has 0 amide bonds. The van der Waals surface area contributed by atoms with E-state index in [9.17, 15) is 5.11 Å². The third-order valence-electron chi connectivity index (χ3n) is 4.66. The van der Waals surface area contributed by atoms with E-state index in [1.165, 1.54) is 31.7 Å². The molecule has 0 radical (unpaired) electrons. The van der Waals surface area contributed by atoms with Crippen LogP contribution in [0.15, 0.2) is 18.2 Å². The molecule has 0 spiro atoms. The molecule has 4 heteroatoms. The molecule has 1 aliphatic carbocycles. The summed E-state index contributed by atoms with van der Waals surface area (Å²) in [6.45, 7) is 6.88. The maximum Gasteiger partial charge on any atom is 0.119 e. The maximum atomic E-state index is 9.86. The normalized spacial score (nSPS) is 23.9. The molecule has 20 heavy (non-hydrogen) atoms. The second kappa shape index (κ2) is 6.12. The lowest BCUT2D eigenvalue weighted by Crippen LogP contribution is -2.46. The number of likely N-dealkylation sites (N-methyl/N-ethyl adjacent to an activating group) is 1. The van der Waals surface area contributed by atoms with Crippen molar-refractivity contribution in [1.82, 2.24) is 15.1 Å². The van der Waals surface area contributed by atoms with Gasteiger partial charge in [0.1, 0.15) is 5.75 Å². The molecule has 0 saturated carbocycles. The first-order valence-electron chi connectivity index (χ1n) is 7.69. The molecule has 4 nitrogen and oxygen atoms in total. The van der Waals surface area contributed by atoms with Gasteiger partial charge in [0.2, 0.25) is 0 Å². The summed E-state index contributed by atoms with van der Waals surface area (Å²) in [6.07, 6.45) is 2.10. The summed E-state index contributed by atoms with van der Waals surface area (Å²) in [5.74, 6) is 0.464. The van der Waals surface area contributed by atoms with Gasteiger partial charge < -0.3 is 15.3 Å². The fourth-order valence-electron chi connectivity index (χ4n) is 3.32. The van der Waals surface area contributed by atoms with E-state index in [0.717, 1.165) is 31.5 Å². The first kappa shape index (κ1) is 13.9. The zero-order valence-electron chi connectivity index (χ0n) is 12.3. The van der Waals surface area contributed by atoms with Gasteiger partial charge in [-0.1, -0.05) is 12.1 Å². The average molecular weight is 275 g/mol. The van der Waals surface area contributed by atoms with Crippen LogP contribution < -0.4 is 5.32 Å². The zero-order valence-corrected chi connectivity index (χ0v) is 12.3. The van der Waals surface area contributed by atoms with Gasteiger partial charge >= 0.3 is 0 Å². The van der Waals surface area contributed by atoms with Crippen molar-refractivity contribution in [3.63, 3.8) is 0 Å². The molecule has 110 valence electrons. The Morgan fingerprint density at radius 2 is 2.05 bits per heavy atom. The highest BCUT2D eigenvalue weighted by Crippen LogP contribution is 2.35. The Labute approximate surface area is 121 Å². The number of hydrogen-bond acceptors (Lipinski definition) is 4. The van der Waals surface area contributed by atoms with Gasteiger partial charge in [-0.15, -0.1) is 0 Å². The van der Waals surface area contributed by atoms with E-state index in [1.54, 1.807) is 6.07 Å². The first-order chi connectivity index (χ1) is 9.74. The Kier molecular flexibility index (Phi) is 4.24. The van der Waals surface area contributed by atoms with Crippen LogP contribution in [0.25, 0.3) is 0 Å². The molecule has 1 unspecified atom stereocenters. The number of fused-ring (bicyclic) bond motifs is 1. The fraction of sp³-hybridized carbons (Fsp3) is 0.625. The van der Waals surface area contributed by atoms with Crippen LogP contribution in [0, 0.1) is 0 Å². The van der Waals surface area contributed by atoms with Crippen LogP contribution in [-0.2, 0) is 6.42 Å². The lowest BCUT2D eigenvalue weighted by atomic mass is 10.1. The second-order valence-corrected chi connectivity index (χ2v) is 6.04. The van der Waals surface area contributed by atoms with Gasteiger partial charge in [0.15, 0.2) is 0 Å². The van der Waals surface area contributed by atoms with Gasteiger partial charge in [-0.25, -0.2) is 0 Å². The van der Waals surface area contributed by atoms with E-state index in [4.69, 9.17) is 0 Å². The molecule has 2 aliphatic rings. The smallest absolute Gasteiger partial charge is 0.119 e. The fourth-order valence-corrected chi connectivity index (χ4v) is 3.32. The second-order valence-electron chi connectivity index (χ2n) is 6.04. The molecule has 0 bridgehead atoms. The van der Waals surface area contributed by atoms with Crippen molar-refractivity contribution in [2.24, 2.45) is 0 Å². The standard InChI is InChI=1S/C16H25N3O/c1-18-9-11-19(12-10-18)8-7-17-15-6-5-14-13(15)3-2-4-16(14)20/h2-4,15,17,20H,5-12H2,1H3. The Balaban J connectivity index is 1.48. The SMILES string of the molecule is CN1CCN(CCNC2CCc3c(O)cccc32)CC1. The number of phenols is 1. The molecule has 1 saturated heterocycles. The van der Waals surface area contributed by atoms with Gasteiger partial charge in [-0.3, -0.25) is 4.90 Å². The number of piperazine rings is 1. The summed E-state index contributed by atoms with van der Waals surface area (Å²) in [6, 6.07) is 6.32. The van der Waals surface area contributed by atoms with Crippen LogP contribution in [-0.4, -0.2) is 61.2 Å². The lowest BCUT2D eigenvalue weighted by Gasteiger charge is -2.32. The molecule has 1 fully saturated rings. The highest BCUT2D eigenvalue weighted by Gasteiger charge is 2.24. The van der Waals surface area contributed by atoms with Crippen molar-refractivity contribution in [3.8, 4) is 5.75 Å². The van der Waals surface area contributed by atoms with Crippen molar-refractivity contribution in [2.45, 2.75) is 18.9 Å². The Morgan fingerprint density at radius 1 is 1.25 bits per heavy atom.